The minimum absolute atomic E-state index is 0.0102. The van der Waals surface area contributed by atoms with Gasteiger partial charge in [0.2, 0.25) is 5.91 Å². The highest BCUT2D eigenvalue weighted by atomic mass is 16.3. The van der Waals surface area contributed by atoms with Gasteiger partial charge in [-0.2, -0.15) is 5.26 Å². The predicted molar refractivity (Wildman–Crippen MR) is 76.8 cm³/mol. The largest absolute Gasteiger partial charge is 0.395 e. The third-order valence-corrected chi connectivity index (χ3v) is 4.95. The summed E-state index contributed by atoms with van der Waals surface area (Å²) < 4.78 is 0. The number of rotatable bonds is 4. The maximum Gasteiger partial charge on any atom is 0.243 e. The van der Waals surface area contributed by atoms with E-state index in [9.17, 15) is 15.2 Å². The van der Waals surface area contributed by atoms with Gasteiger partial charge < -0.3 is 10.0 Å². The molecule has 0 aromatic rings. The summed E-state index contributed by atoms with van der Waals surface area (Å²) in [5, 5.41) is 18.9. The van der Waals surface area contributed by atoms with Gasteiger partial charge in [0.05, 0.1) is 12.7 Å². The van der Waals surface area contributed by atoms with Crippen molar-refractivity contribution in [1.82, 2.24) is 4.90 Å². The topological polar surface area (TPSA) is 64.3 Å². The Hall–Kier alpha value is -1.08. The zero-order valence-corrected chi connectivity index (χ0v) is 12.3. The second-order valence-electron chi connectivity index (χ2n) is 6.27. The maximum absolute atomic E-state index is 13.0. The monoisotopic (exact) mass is 278 g/mol. The molecule has 2 rings (SSSR count). The van der Waals surface area contributed by atoms with Crippen molar-refractivity contribution in [2.24, 2.45) is 5.41 Å². The summed E-state index contributed by atoms with van der Waals surface area (Å²) in [7, 11) is 0. The fraction of sp³-hybridized carbons (Fsp3) is 0.875. The minimum atomic E-state index is -0.825. The smallest absolute Gasteiger partial charge is 0.243 e. The van der Waals surface area contributed by atoms with Crippen LogP contribution in [-0.2, 0) is 4.79 Å². The van der Waals surface area contributed by atoms with Crippen LogP contribution in [0.2, 0.25) is 0 Å². The fourth-order valence-electron chi connectivity index (χ4n) is 3.75. The van der Waals surface area contributed by atoms with Gasteiger partial charge in [-0.3, -0.25) is 4.79 Å². The molecule has 20 heavy (non-hydrogen) atoms. The summed E-state index contributed by atoms with van der Waals surface area (Å²) in [5.41, 5.74) is -0.825. The Kier molecular flexibility index (Phi) is 5.42. The SMILES string of the molecule is N#CC1(C(=O)N(CCO)C2CCCC2)CCCCCC1. The van der Waals surface area contributed by atoms with Crippen LogP contribution >= 0.6 is 0 Å². The molecule has 0 aliphatic heterocycles. The first kappa shape index (κ1) is 15.3. The second-order valence-corrected chi connectivity index (χ2v) is 6.27. The Labute approximate surface area is 121 Å². The lowest BCUT2D eigenvalue weighted by molar-refractivity contribution is -0.142. The van der Waals surface area contributed by atoms with Crippen molar-refractivity contribution < 1.29 is 9.90 Å². The van der Waals surface area contributed by atoms with Crippen molar-refractivity contribution in [2.45, 2.75) is 70.3 Å². The molecule has 2 fully saturated rings. The van der Waals surface area contributed by atoms with E-state index in [0.717, 1.165) is 51.4 Å². The van der Waals surface area contributed by atoms with Gasteiger partial charge >= 0.3 is 0 Å². The summed E-state index contributed by atoms with van der Waals surface area (Å²) in [4.78, 5) is 14.8. The highest BCUT2D eigenvalue weighted by molar-refractivity contribution is 5.85. The van der Waals surface area contributed by atoms with E-state index in [1.807, 2.05) is 4.90 Å². The zero-order chi connectivity index (χ0) is 14.4. The number of aliphatic hydroxyl groups excluding tert-OH is 1. The number of aliphatic hydroxyl groups is 1. The number of carbonyl (C=O) groups excluding carboxylic acids is 1. The van der Waals surface area contributed by atoms with Crippen LogP contribution in [0.5, 0.6) is 0 Å². The van der Waals surface area contributed by atoms with Crippen LogP contribution in [0, 0.1) is 16.7 Å². The molecule has 0 aromatic heterocycles. The van der Waals surface area contributed by atoms with Crippen LogP contribution in [-0.4, -0.2) is 35.1 Å². The second kappa shape index (κ2) is 7.08. The van der Waals surface area contributed by atoms with Crippen LogP contribution in [0.25, 0.3) is 0 Å². The number of amides is 1. The Balaban J connectivity index is 2.17. The molecular formula is C16H26N2O2. The van der Waals surface area contributed by atoms with Crippen molar-refractivity contribution in [3.63, 3.8) is 0 Å². The number of nitriles is 1. The molecule has 0 bridgehead atoms. The lowest BCUT2D eigenvalue weighted by atomic mass is 9.80. The molecule has 2 aliphatic carbocycles. The standard InChI is InChI=1S/C16H26N2O2/c17-13-16(9-5-1-2-6-10-16)15(20)18(11-12-19)14-7-3-4-8-14/h14,19H,1-12H2. The Morgan fingerprint density at radius 1 is 1.15 bits per heavy atom. The fourth-order valence-corrected chi connectivity index (χ4v) is 3.75. The molecule has 112 valence electrons. The normalized spacial score (nSPS) is 23.0. The summed E-state index contributed by atoms with van der Waals surface area (Å²) in [6.45, 7) is 0.372. The van der Waals surface area contributed by atoms with E-state index in [4.69, 9.17) is 0 Å². The van der Waals surface area contributed by atoms with E-state index in [-0.39, 0.29) is 18.6 Å². The summed E-state index contributed by atoms with van der Waals surface area (Å²) in [5.74, 6) is -0.0112. The zero-order valence-electron chi connectivity index (χ0n) is 12.3. The Morgan fingerprint density at radius 2 is 1.75 bits per heavy atom. The number of hydrogen-bond acceptors (Lipinski definition) is 3. The highest BCUT2D eigenvalue weighted by Crippen LogP contribution is 2.38. The van der Waals surface area contributed by atoms with Crippen LogP contribution < -0.4 is 0 Å². The average molecular weight is 278 g/mol. The third kappa shape index (κ3) is 3.15. The Bertz CT molecular complexity index is 361. The predicted octanol–water partition coefficient (Wildman–Crippen LogP) is 2.61. The number of carbonyl (C=O) groups is 1. The van der Waals surface area contributed by atoms with Gasteiger partial charge in [0.1, 0.15) is 5.41 Å². The lowest BCUT2D eigenvalue weighted by Gasteiger charge is -2.35. The van der Waals surface area contributed by atoms with Crippen molar-refractivity contribution in [1.29, 1.82) is 5.26 Å². The van der Waals surface area contributed by atoms with Crippen LogP contribution in [0.1, 0.15) is 64.2 Å². The van der Waals surface area contributed by atoms with Crippen molar-refractivity contribution in [3.8, 4) is 6.07 Å². The van der Waals surface area contributed by atoms with Gasteiger partial charge in [0, 0.05) is 12.6 Å². The number of hydrogen-bond donors (Lipinski definition) is 1. The average Bonchev–Trinajstić information content (AvgIpc) is 2.88. The molecule has 1 N–H and O–H groups in total. The molecule has 4 nitrogen and oxygen atoms in total. The van der Waals surface area contributed by atoms with Gasteiger partial charge in [0.25, 0.3) is 0 Å². The van der Waals surface area contributed by atoms with E-state index in [1.165, 1.54) is 0 Å². The molecule has 4 heteroatoms. The van der Waals surface area contributed by atoms with Crippen LogP contribution in [0.3, 0.4) is 0 Å². The summed E-state index contributed by atoms with van der Waals surface area (Å²) >= 11 is 0. The molecule has 0 aromatic carbocycles. The van der Waals surface area contributed by atoms with E-state index in [1.54, 1.807) is 0 Å². The molecule has 0 unspecified atom stereocenters. The van der Waals surface area contributed by atoms with E-state index >= 15 is 0 Å². The minimum Gasteiger partial charge on any atom is -0.395 e. The van der Waals surface area contributed by atoms with E-state index < -0.39 is 5.41 Å². The third-order valence-electron chi connectivity index (χ3n) is 4.95. The molecule has 0 spiro atoms. The first-order chi connectivity index (χ1) is 9.73. The van der Waals surface area contributed by atoms with Crippen molar-refractivity contribution >= 4 is 5.91 Å². The molecule has 1 amide bonds. The first-order valence-electron chi connectivity index (χ1n) is 8.07. The first-order valence-corrected chi connectivity index (χ1v) is 8.07. The summed E-state index contributed by atoms with van der Waals surface area (Å²) in [6.07, 6.45) is 9.92. The van der Waals surface area contributed by atoms with Crippen molar-refractivity contribution in [2.75, 3.05) is 13.2 Å². The summed E-state index contributed by atoms with van der Waals surface area (Å²) in [6, 6.07) is 2.59. The Morgan fingerprint density at radius 3 is 2.25 bits per heavy atom. The van der Waals surface area contributed by atoms with Gasteiger partial charge in [-0.25, -0.2) is 0 Å². The molecule has 0 radical (unpaired) electrons. The molecular weight excluding hydrogens is 252 g/mol. The molecule has 0 atom stereocenters. The molecule has 0 saturated heterocycles. The quantitative estimate of drug-likeness (QED) is 0.804. The van der Waals surface area contributed by atoms with E-state index in [0.29, 0.717) is 19.4 Å². The molecule has 2 saturated carbocycles. The van der Waals surface area contributed by atoms with Gasteiger partial charge in [-0.15, -0.1) is 0 Å². The van der Waals surface area contributed by atoms with Gasteiger partial charge in [-0.05, 0) is 25.7 Å². The van der Waals surface area contributed by atoms with E-state index in [2.05, 4.69) is 6.07 Å². The maximum atomic E-state index is 13.0. The van der Waals surface area contributed by atoms with Gasteiger partial charge in [-0.1, -0.05) is 38.5 Å². The van der Waals surface area contributed by atoms with Crippen molar-refractivity contribution in [3.05, 3.63) is 0 Å². The molecule has 2 aliphatic rings. The van der Waals surface area contributed by atoms with Crippen LogP contribution in [0.4, 0.5) is 0 Å². The van der Waals surface area contributed by atoms with Crippen LogP contribution in [0.15, 0.2) is 0 Å². The highest BCUT2D eigenvalue weighted by Gasteiger charge is 2.43. The number of nitrogens with zero attached hydrogens (tertiary/aromatic N) is 2. The lowest BCUT2D eigenvalue weighted by Crippen LogP contribution is -2.48. The molecule has 0 heterocycles. The van der Waals surface area contributed by atoms with Gasteiger partial charge in [0.15, 0.2) is 0 Å².